The van der Waals surface area contributed by atoms with Gasteiger partial charge in [-0.25, -0.2) is 4.39 Å². The maximum absolute atomic E-state index is 14.2. The average molecular weight is 782 g/mol. The van der Waals surface area contributed by atoms with E-state index in [-0.39, 0.29) is 50.8 Å². The van der Waals surface area contributed by atoms with Gasteiger partial charge in [0, 0.05) is 41.4 Å². The van der Waals surface area contributed by atoms with Crippen LogP contribution in [0.4, 0.5) is 10.1 Å². The quantitative estimate of drug-likeness (QED) is 0.0182. The fourth-order valence-corrected chi connectivity index (χ4v) is 7.65. The molecule has 0 radical (unpaired) electrons. The molecule has 15 heteroatoms. The van der Waals surface area contributed by atoms with Gasteiger partial charge in [0.05, 0.1) is 23.5 Å². The maximum atomic E-state index is 14.2. The number of Topliss-reactive ketones (excluding diaryl/α,β-unsaturated/α-hetero) is 1. The number of carbonyl (C=O) groups is 3. The highest BCUT2D eigenvalue weighted by Crippen LogP contribution is 2.42. The first-order chi connectivity index (χ1) is 25.9. The Morgan fingerprint density at radius 3 is 2.15 bits per heavy atom. The maximum Gasteiger partial charge on any atom is 0.313 e. The number of anilines is 1. The highest BCUT2D eigenvalue weighted by molar-refractivity contribution is 8.76. The zero-order chi connectivity index (χ0) is 39.0. The summed E-state index contributed by atoms with van der Waals surface area (Å²) < 4.78 is 21.2. The lowest BCUT2D eigenvalue weighted by Crippen LogP contribution is -2.24. The van der Waals surface area contributed by atoms with Crippen molar-refractivity contribution >= 4 is 44.9 Å². The molecule has 12 nitrogen and oxygen atoms in total. The number of esters is 1. The number of nitrogens with one attached hydrogen (secondary N) is 1. The molecule has 1 amide bonds. The number of hydrogen-bond acceptors (Lipinski definition) is 11. The van der Waals surface area contributed by atoms with Crippen LogP contribution in [0.5, 0.6) is 0 Å². The number of para-hydroxylation sites is 1. The number of aliphatic hydroxyl groups is 2. The molecule has 3 aromatic carbocycles. The normalized spacial score (nSPS) is 12.3. The third kappa shape index (κ3) is 12.7. The van der Waals surface area contributed by atoms with E-state index in [9.17, 15) is 39.1 Å². The number of halogens is 1. The minimum atomic E-state index is -1.22. The molecule has 0 aliphatic rings. The number of nitrogens with zero attached hydrogens (tertiary/aromatic N) is 2. The van der Waals surface area contributed by atoms with E-state index < -0.39 is 41.3 Å². The van der Waals surface area contributed by atoms with Gasteiger partial charge >= 0.3 is 5.97 Å². The van der Waals surface area contributed by atoms with Crippen LogP contribution in [0.15, 0.2) is 84.9 Å². The van der Waals surface area contributed by atoms with Gasteiger partial charge in [-0.15, -0.1) is 10.1 Å². The van der Waals surface area contributed by atoms with Crippen molar-refractivity contribution in [1.82, 2.24) is 4.57 Å². The second-order valence-corrected chi connectivity index (χ2v) is 15.4. The number of aliphatic hydroxyl groups excluding tert-OH is 2. The second kappa shape index (κ2) is 21.3. The Balaban J connectivity index is 1.48. The summed E-state index contributed by atoms with van der Waals surface area (Å²) in [6.45, 7) is 4.16. The SMILES string of the molecule is CC(C)c1c(C(=O)Nc2ccccc2)c(-c2ccccc2)c(-c2ccc(F)cc2)n1CC[C@@H](O)C[C@@H](O)CC(=O)CC(=O)OCCSSCCO[N+](=O)[O-]. The molecule has 0 aliphatic heterocycles. The standard InChI is InChI=1S/C39H44FN3O9S2/c1-26(2)37-36(39(48)41-30-11-7-4-8-12-30)35(27-9-5-3-6-10-27)38(28-13-15-29(40)16-14-28)42(37)18-17-31(44)23-32(45)24-33(46)25-34(47)51-19-21-53-54-22-20-52-43(49)50/h3-16,26,31-32,44-45H,17-25H2,1-2H3,(H,41,48)/t31-,32-/m1/s1. The number of amides is 1. The zero-order valence-corrected chi connectivity index (χ0v) is 31.7. The van der Waals surface area contributed by atoms with E-state index in [1.54, 1.807) is 24.3 Å². The monoisotopic (exact) mass is 781 g/mol. The average Bonchev–Trinajstić information content (AvgIpc) is 3.48. The third-order valence-corrected chi connectivity index (χ3v) is 10.5. The molecule has 4 rings (SSSR count). The number of aromatic nitrogens is 1. The molecule has 0 saturated carbocycles. The first-order valence-corrected chi connectivity index (χ1v) is 19.9. The lowest BCUT2D eigenvalue weighted by Gasteiger charge is -2.20. The van der Waals surface area contributed by atoms with Crippen molar-refractivity contribution in [3.05, 3.63) is 112 Å². The number of hydrogen-bond donors (Lipinski definition) is 3. The van der Waals surface area contributed by atoms with E-state index in [0.29, 0.717) is 45.3 Å². The van der Waals surface area contributed by atoms with Crippen molar-refractivity contribution < 1.29 is 43.6 Å². The lowest BCUT2D eigenvalue weighted by atomic mass is 9.94. The van der Waals surface area contributed by atoms with Crippen molar-refractivity contribution in [3.63, 3.8) is 0 Å². The Kier molecular flexibility index (Phi) is 16.6. The van der Waals surface area contributed by atoms with Crippen LogP contribution < -0.4 is 5.32 Å². The molecule has 4 aromatic rings. The number of ketones is 1. The van der Waals surface area contributed by atoms with Gasteiger partial charge in [0.25, 0.3) is 11.0 Å². The van der Waals surface area contributed by atoms with Crippen molar-refractivity contribution in [2.75, 3.05) is 30.0 Å². The number of carbonyl (C=O) groups excluding carboxylic acids is 3. The van der Waals surface area contributed by atoms with E-state index >= 15 is 0 Å². The van der Waals surface area contributed by atoms with Gasteiger partial charge in [-0.3, -0.25) is 14.4 Å². The summed E-state index contributed by atoms with van der Waals surface area (Å²) in [5, 5.41) is 34.1. The lowest BCUT2D eigenvalue weighted by molar-refractivity contribution is -0.756. The molecular weight excluding hydrogens is 738 g/mol. The van der Waals surface area contributed by atoms with Gasteiger partial charge in [0.2, 0.25) is 0 Å². The predicted molar refractivity (Wildman–Crippen MR) is 208 cm³/mol. The van der Waals surface area contributed by atoms with Crippen LogP contribution in [0.25, 0.3) is 22.4 Å². The number of benzene rings is 3. The minimum Gasteiger partial charge on any atom is -0.464 e. The Hall–Kier alpha value is -4.70. The molecule has 1 aromatic heterocycles. The summed E-state index contributed by atoms with van der Waals surface area (Å²) >= 11 is 0. The van der Waals surface area contributed by atoms with Crippen molar-refractivity contribution in [1.29, 1.82) is 0 Å². The van der Waals surface area contributed by atoms with E-state index in [0.717, 1.165) is 5.56 Å². The zero-order valence-electron chi connectivity index (χ0n) is 30.0. The molecule has 0 fully saturated rings. The highest BCUT2D eigenvalue weighted by Gasteiger charge is 2.31. The van der Waals surface area contributed by atoms with Crippen LogP contribution in [0.2, 0.25) is 0 Å². The van der Waals surface area contributed by atoms with Crippen molar-refractivity contribution in [2.24, 2.45) is 0 Å². The summed E-state index contributed by atoms with van der Waals surface area (Å²) in [4.78, 5) is 53.2. The van der Waals surface area contributed by atoms with E-state index in [1.165, 1.54) is 33.7 Å². The third-order valence-electron chi connectivity index (χ3n) is 8.20. The van der Waals surface area contributed by atoms with E-state index in [2.05, 4.69) is 10.2 Å². The summed E-state index contributed by atoms with van der Waals surface area (Å²) in [6.07, 6.45) is -3.12. The van der Waals surface area contributed by atoms with Crippen LogP contribution in [0, 0.1) is 15.9 Å². The highest BCUT2D eigenvalue weighted by atomic mass is 33.1. The van der Waals surface area contributed by atoms with Crippen LogP contribution in [-0.4, -0.2) is 74.5 Å². The van der Waals surface area contributed by atoms with Crippen molar-refractivity contribution in [3.8, 4) is 22.4 Å². The van der Waals surface area contributed by atoms with Crippen LogP contribution >= 0.6 is 21.6 Å². The second-order valence-electron chi connectivity index (χ2n) is 12.7. The van der Waals surface area contributed by atoms with E-state index in [1.807, 2.05) is 66.9 Å². The Morgan fingerprint density at radius 2 is 1.52 bits per heavy atom. The van der Waals surface area contributed by atoms with Crippen LogP contribution in [-0.2, 0) is 25.7 Å². The Bertz CT molecular complexity index is 1840. The molecule has 0 bridgehead atoms. The molecule has 288 valence electrons. The molecule has 0 saturated heterocycles. The predicted octanol–water partition coefficient (Wildman–Crippen LogP) is 7.32. The molecule has 0 aliphatic carbocycles. The topological polar surface area (TPSA) is 170 Å². The summed E-state index contributed by atoms with van der Waals surface area (Å²) in [7, 11) is 2.66. The fourth-order valence-electron chi connectivity index (χ4n) is 6.00. The molecule has 1 heterocycles. The first-order valence-electron chi connectivity index (χ1n) is 17.4. The van der Waals surface area contributed by atoms with Gasteiger partial charge in [-0.05, 0) is 66.3 Å². The molecule has 2 atom stereocenters. The van der Waals surface area contributed by atoms with Crippen LogP contribution in [0.3, 0.4) is 0 Å². The minimum absolute atomic E-state index is 0.0421. The summed E-state index contributed by atoms with van der Waals surface area (Å²) in [6, 6.07) is 24.6. The van der Waals surface area contributed by atoms with Crippen LogP contribution in [0.1, 0.15) is 61.5 Å². The van der Waals surface area contributed by atoms with Gasteiger partial charge in [0.15, 0.2) is 0 Å². The molecular formula is C39H44FN3O9S2. The largest absolute Gasteiger partial charge is 0.464 e. The first kappa shape index (κ1) is 42.0. The summed E-state index contributed by atoms with van der Waals surface area (Å²) in [5.74, 6) is -1.38. The molecule has 0 unspecified atom stereocenters. The van der Waals surface area contributed by atoms with Gasteiger partial charge < -0.3 is 29.7 Å². The van der Waals surface area contributed by atoms with Gasteiger partial charge in [0.1, 0.15) is 31.2 Å². The van der Waals surface area contributed by atoms with Crippen molar-refractivity contribution in [2.45, 2.75) is 64.2 Å². The van der Waals surface area contributed by atoms with E-state index in [4.69, 9.17) is 4.74 Å². The number of ether oxygens (including phenoxy) is 1. The Labute approximate surface area is 320 Å². The van der Waals surface area contributed by atoms with Gasteiger partial charge in [-0.2, -0.15) is 0 Å². The van der Waals surface area contributed by atoms with Gasteiger partial charge in [-0.1, -0.05) is 84.0 Å². The smallest absolute Gasteiger partial charge is 0.313 e. The summed E-state index contributed by atoms with van der Waals surface area (Å²) in [5.41, 5.74) is 4.56. The molecule has 54 heavy (non-hydrogen) atoms. The molecule has 0 spiro atoms. The fraction of sp³-hybridized carbons (Fsp3) is 0.359. The Morgan fingerprint density at radius 1 is 0.889 bits per heavy atom. The molecule has 3 N–H and O–H groups in total. The number of rotatable bonds is 22.